The second-order valence-electron chi connectivity index (χ2n) is 8.02. The van der Waals surface area contributed by atoms with Gasteiger partial charge in [0.1, 0.15) is 5.52 Å². The van der Waals surface area contributed by atoms with Gasteiger partial charge in [-0.1, -0.05) is 49.2 Å². The van der Waals surface area contributed by atoms with Gasteiger partial charge in [-0.2, -0.15) is 0 Å². The van der Waals surface area contributed by atoms with Gasteiger partial charge in [-0.05, 0) is 79.5 Å². The van der Waals surface area contributed by atoms with Crippen LogP contribution in [-0.4, -0.2) is 16.0 Å². The van der Waals surface area contributed by atoms with Crippen molar-refractivity contribution >= 4 is 51.6 Å². The number of rotatable bonds is 5. The minimum atomic E-state index is -0.296. The van der Waals surface area contributed by atoms with Gasteiger partial charge in [0.25, 0.3) is 5.91 Å². The molecule has 0 bridgehead atoms. The standard InChI is InChI=1S/C26H24ClN3O2S/c1-4-16(3)18-10-12-23-22(13-18)28-25(32-23)19-9-11-20(27)21(14-19)29-26(33)30-24(31)17-7-5-15(2)6-8-17/h5-14,16H,4H2,1-3H3,(H2,29,30,31,33). The second-order valence-corrected chi connectivity index (χ2v) is 8.84. The van der Waals surface area contributed by atoms with E-state index in [0.29, 0.717) is 28.1 Å². The maximum atomic E-state index is 12.4. The molecule has 5 nitrogen and oxygen atoms in total. The summed E-state index contributed by atoms with van der Waals surface area (Å²) in [6.45, 7) is 6.32. The number of oxazole rings is 1. The summed E-state index contributed by atoms with van der Waals surface area (Å²) in [5, 5.41) is 6.28. The summed E-state index contributed by atoms with van der Waals surface area (Å²) in [5.41, 5.74) is 5.66. The number of anilines is 1. The first-order chi connectivity index (χ1) is 15.8. The van der Waals surface area contributed by atoms with Gasteiger partial charge in [0.2, 0.25) is 5.89 Å². The fraction of sp³-hybridized carbons (Fsp3) is 0.192. The lowest BCUT2D eigenvalue weighted by Crippen LogP contribution is -2.34. The molecule has 1 aromatic heterocycles. The molecule has 1 unspecified atom stereocenters. The number of carbonyl (C=O) groups is 1. The van der Waals surface area contributed by atoms with E-state index >= 15 is 0 Å². The number of fused-ring (bicyclic) bond motifs is 1. The third kappa shape index (κ3) is 5.24. The molecule has 0 saturated carbocycles. The van der Waals surface area contributed by atoms with Crippen LogP contribution < -0.4 is 10.6 Å². The van der Waals surface area contributed by atoms with Crippen molar-refractivity contribution < 1.29 is 9.21 Å². The van der Waals surface area contributed by atoms with Crippen molar-refractivity contribution in [2.75, 3.05) is 5.32 Å². The molecular formula is C26H24ClN3O2S. The number of benzene rings is 3. The monoisotopic (exact) mass is 477 g/mol. The second kappa shape index (κ2) is 9.73. The van der Waals surface area contributed by atoms with Gasteiger partial charge < -0.3 is 9.73 Å². The molecule has 7 heteroatoms. The summed E-state index contributed by atoms with van der Waals surface area (Å²) in [5.74, 6) is 0.647. The Morgan fingerprint density at radius 2 is 1.88 bits per heavy atom. The average molecular weight is 478 g/mol. The molecule has 4 aromatic rings. The lowest BCUT2D eigenvalue weighted by molar-refractivity contribution is 0.0977. The molecule has 0 fully saturated rings. The average Bonchev–Trinajstić information content (AvgIpc) is 3.23. The Labute approximate surface area is 203 Å². The van der Waals surface area contributed by atoms with Crippen LogP contribution in [-0.2, 0) is 0 Å². The highest BCUT2D eigenvalue weighted by Crippen LogP contribution is 2.31. The molecule has 0 aliphatic rings. The minimum Gasteiger partial charge on any atom is -0.436 e. The number of aromatic nitrogens is 1. The van der Waals surface area contributed by atoms with Gasteiger partial charge in [-0.25, -0.2) is 4.98 Å². The van der Waals surface area contributed by atoms with E-state index in [2.05, 4.69) is 41.6 Å². The van der Waals surface area contributed by atoms with Crippen molar-refractivity contribution in [1.82, 2.24) is 10.3 Å². The number of nitrogens with zero attached hydrogens (tertiary/aromatic N) is 1. The lowest BCUT2D eigenvalue weighted by atomic mass is 9.98. The van der Waals surface area contributed by atoms with E-state index in [1.54, 1.807) is 24.3 Å². The number of amides is 1. The van der Waals surface area contributed by atoms with E-state index in [1.165, 1.54) is 5.56 Å². The normalized spacial score (nSPS) is 11.9. The van der Waals surface area contributed by atoms with Crippen molar-refractivity contribution in [3.63, 3.8) is 0 Å². The van der Waals surface area contributed by atoms with Gasteiger partial charge in [-0.15, -0.1) is 0 Å². The summed E-state index contributed by atoms with van der Waals surface area (Å²) >= 11 is 11.7. The molecule has 33 heavy (non-hydrogen) atoms. The van der Waals surface area contributed by atoms with Crippen LogP contribution in [0.3, 0.4) is 0 Å². The van der Waals surface area contributed by atoms with Crippen LogP contribution in [0.15, 0.2) is 65.1 Å². The van der Waals surface area contributed by atoms with Crippen LogP contribution in [0.5, 0.6) is 0 Å². The van der Waals surface area contributed by atoms with E-state index < -0.39 is 0 Å². The van der Waals surface area contributed by atoms with Crippen LogP contribution in [0.25, 0.3) is 22.6 Å². The van der Waals surface area contributed by atoms with E-state index in [4.69, 9.17) is 28.2 Å². The van der Waals surface area contributed by atoms with E-state index in [9.17, 15) is 4.79 Å². The topological polar surface area (TPSA) is 67.2 Å². The minimum absolute atomic E-state index is 0.149. The summed E-state index contributed by atoms with van der Waals surface area (Å²) in [4.78, 5) is 17.1. The fourth-order valence-electron chi connectivity index (χ4n) is 3.40. The molecule has 0 aliphatic carbocycles. The number of carbonyl (C=O) groups excluding carboxylic acids is 1. The maximum Gasteiger partial charge on any atom is 0.257 e. The summed E-state index contributed by atoms with van der Waals surface area (Å²) in [7, 11) is 0. The van der Waals surface area contributed by atoms with Crippen LogP contribution in [0.4, 0.5) is 5.69 Å². The Hall–Kier alpha value is -3.22. The van der Waals surface area contributed by atoms with Gasteiger partial charge in [0, 0.05) is 11.1 Å². The molecular weight excluding hydrogens is 454 g/mol. The summed E-state index contributed by atoms with van der Waals surface area (Å²) in [6, 6.07) is 18.7. The van der Waals surface area contributed by atoms with Crippen LogP contribution in [0, 0.1) is 6.92 Å². The van der Waals surface area contributed by atoms with E-state index in [1.807, 2.05) is 31.2 Å². The lowest BCUT2D eigenvalue weighted by Gasteiger charge is -2.12. The Morgan fingerprint density at radius 1 is 1.12 bits per heavy atom. The molecule has 2 N–H and O–H groups in total. The molecule has 1 amide bonds. The Bertz CT molecular complexity index is 1330. The molecule has 0 aliphatic heterocycles. The maximum absolute atomic E-state index is 12.4. The number of nitrogens with one attached hydrogen (secondary N) is 2. The Morgan fingerprint density at radius 3 is 2.61 bits per heavy atom. The highest BCUT2D eigenvalue weighted by molar-refractivity contribution is 7.80. The van der Waals surface area contributed by atoms with Crippen molar-refractivity contribution in [3.05, 3.63) is 82.4 Å². The van der Waals surface area contributed by atoms with Gasteiger partial charge in [-0.3, -0.25) is 10.1 Å². The highest BCUT2D eigenvalue weighted by atomic mass is 35.5. The SMILES string of the molecule is CCC(C)c1ccc2oc(-c3ccc(Cl)c(NC(=S)NC(=O)c4ccc(C)cc4)c3)nc2c1. The van der Waals surface area contributed by atoms with E-state index in [-0.39, 0.29) is 11.0 Å². The number of halogens is 1. The molecule has 3 aromatic carbocycles. The predicted molar refractivity (Wildman–Crippen MR) is 138 cm³/mol. The third-order valence-electron chi connectivity index (χ3n) is 5.60. The first-order valence-corrected chi connectivity index (χ1v) is 11.5. The zero-order chi connectivity index (χ0) is 23.5. The molecule has 0 spiro atoms. The third-order valence-corrected chi connectivity index (χ3v) is 6.13. The Balaban J connectivity index is 1.53. The highest BCUT2D eigenvalue weighted by Gasteiger charge is 2.14. The van der Waals surface area contributed by atoms with Gasteiger partial charge in [0.05, 0.1) is 10.7 Å². The van der Waals surface area contributed by atoms with E-state index in [0.717, 1.165) is 28.6 Å². The van der Waals surface area contributed by atoms with Crippen molar-refractivity contribution in [2.24, 2.45) is 0 Å². The first kappa shape index (κ1) is 23.0. The molecule has 0 saturated heterocycles. The van der Waals surface area contributed by atoms with Gasteiger partial charge in [0.15, 0.2) is 10.7 Å². The van der Waals surface area contributed by atoms with Crippen molar-refractivity contribution in [3.8, 4) is 11.5 Å². The molecule has 4 rings (SSSR count). The summed E-state index contributed by atoms with van der Waals surface area (Å²) < 4.78 is 5.97. The van der Waals surface area contributed by atoms with Crippen LogP contribution >= 0.6 is 23.8 Å². The smallest absolute Gasteiger partial charge is 0.257 e. The van der Waals surface area contributed by atoms with Crippen LogP contribution in [0.1, 0.15) is 47.7 Å². The van der Waals surface area contributed by atoms with Gasteiger partial charge >= 0.3 is 0 Å². The number of hydrogen-bond donors (Lipinski definition) is 2. The number of hydrogen-bond acceptors (Lipinski definition) is 4. The molecule has 1 heterocycles. The predicted octanol–water partition coefficient (Wildman–Crippen LogP) is 7.10. The molecule has 168 valence electrons. The molecule has 0 radical (unpaired) electrons. The van der Waals surface area contributed by atoms with Crippen molar-refractivity contribution in [1.29, 1.82) is 0 Å². The Kier molecular flexibility index (Phi) is 6.77. The van der Waals surface area contributed by atoms with Crippen LogP contribution in [0.2, 0.25) is 5.02 Å². The summed E-state index contributed by atoms with van der Waals surface area (Å²) in [6.07, 6.45) is 1.06. The number of aryl methyl sites for hydroxylation is 1. The first-order valence-electron chi connectivity index (χ1n) is 10.7. The quantitative estimate of drug-likeness (QED) is 0.300. The zero-order valence-corrected chi connectivity index (χ0v) is 20.2. The zero-order valence-electron chi connectivity index (χ0n) is 18.6. The van der Waals surface area contributed by atoms with Crippen molar-refractivity contribution in [2.45, 2.75) is 33.1 Å². The fourth-order valence-corrected chi connectivity index (χ4v) is 3.77. The molecule has 1 atom stereocenters. The number of thiocarbonyl (C=S) groups is 1. The largest absolute Gasteiger partial charge is 0.436 e.